The molecule has 7 heteroatoms. The Labute approximate surface area is 118 Å². The van der Waals surface area contributed by atoms with E-state index in [2.05, 4.69) is 20.6 Å². The maximum absolute atomic E-state index is 12.1. The number of aromatic nitrogens is 2. The zero-order valence-electron chi connectivity index (χ0n) is 11.9. The summed E-state index contributed by atoms with van der Waals surface area (Å²) in [6.07, 6.45) is 5.52. The second kappa shape index (κ2) is 6.51. The summed E-state index contributed by atoms with van der Waals surface area (Å²) in [7, 11) is 1.58. The predicted molar refractivity (Wildman–Crippen MR) is 75.2 cm³/mol. The number of carbonyl (C=O) groups is 2. The molecular formula is C13H21N5O2. The molecule has 20 heavy (non-hydrogen) atoms. The van der Waals surface area contributed by atoms with Gasteiger partial charge in [0.1, 0.15) is 6.54 Å². The normalized spacial score (nSPS) is 16.9. The van der Waals surface area contributed by atoms with Gasteiger partial charge in [0, 0.05) is 13.2 Å². The van der Waals surface area contributed by atoms with Crippen molar-refractivity contribution in [2.45, 2.75) is 32.4 Å². The van der Waals surface area contributed by atoms with Crippen molar-refractivity contribution in [3.63, 3.8) is 0 Å². The van der Waals surface area contributed by atoms with Gasteiger partial charge in [0.2, 0.25) is 11.8 Å². The van der Waals surface area contributed by atoms with E-state index < -0.39 is 0 Å². The lowest BCUT2D eigenvalue weighted by atomic mass is 10.2. The van der Waals surface area contributed by atoms with Crippen LogP contribution in [0.25, 0.3) is 0 Å². The van der Waals surface area contributed by atoms with Gasteiger partial charge in [-0.25, -0.2) is 0 Å². The van der Waals surface area contributed by atoms with Gasteiger partial charge in [-0.1, -0.05) is 0 Å². The Bertz CT molecular complexity index is 479. The number of hydrogen-bond acceptors (Lipinski definition) is 4. The fourth-order valence-electron chi connectivity index (χ4n) is 2.28. The van der Waals surface area contributed by atoms with Gasteiger partial charge in [0.15, 0.2) is 0 Å². The summed E-state index contributed by atoms with van der Waals surface area (Å²) in [6, 6.07) is -0.139. The molecule has 0 bridgehead atoms. The average molecular weight is 279 g/mol. The number of nitrogens with zero attached hydrogens (tertiary/aromatic N) is 3. The first kappa shape index (κ1) is 14.5. The highest BCUT2D eigenvalue weighted by Gasteiger charge is 2.24. The minimum Gasteiger partial charge on any atom is -0.358 e. The van der Waals surface area contributed by atoms with Crippen molar-refractivity contribution in [2.24, 2.45) is 0 Å². The van der Waals surface area contributed by atoms with Crippen molar-refractivity contribution in [1.82, 2.24) is 20.0 Å². The molecule has 2 heterocycles. The summed E-state index contributed by atoms with van der Waals surface area (Å²) in [5.41, 5.74) is 0.616. The van der Waals surface area contributed by atoms with Crippen LogP contribution in [0.3, 0.4) is 0 Å². The van der Waals surface area contributed by atoms with E-state index in [0.29, 0.717) is 5.69 Å². The number of rotatable bonds is 5. The van der Waals surface area contributed by atoms with Crippen LogP contribution in [0.1, 0.15) is 19.8 Å². The molecule has 0 spiro atoms. The molecular weight excluding hydrogens is 258 g/mol. The molecule has 2 amide bonds. The standard InChI is InChI=1S/C13H21N5O2/c1-10(17-5-3-4-6-17)13(20)16-11-7-15-18(8-11)9-12(19)14-2/h7-8,10H,3-6,9H2,1-2H3,(H,14,19)(H,16,20). The van der Waals surface area contributed by atoms with E-state index >= 15 is 0 Å². The van der Waals surface area contributed by atoms with Crippen LogP contribution >= 0.6 is 0 Å². The Balaban J connectivity index is 1.89. The quantitative estimate of drug-likeness (QED) is 0.798. The van der Waals surface area contributed by atoms with Crippen LogP contribution in [-0.2, 0) is 16.1 Å². The van der Waals surface area contributed by atoms with E-state index in [-0.39, 0.29) is 24.4 Å². The van der Waals surface area contributed by atoms with Gasteiger partial charge in [-0.15, -0.1) is 0 Å². The van der Waals surface area contributed by atoms with Gasteiger partial charge in [0.05, 0.1) is 17.9 Å². The molecule has 1 aliphatic heterocycles. The number of nitrogens with one attached hydrogen (secondary N) is 2. The molecule has 2 rings (SSSR count). The molecule has 1 fully saturated rings. The molecule has 7 nitrogen and oxygen atoms in total. The lowest BCUT2D eigenvalue weighted by molar-refractivity contribution is -0.121. The van der Waals surface area contributed by atoms with E-state index in [1.807, 2.05) is 6.92 Å². The van der Waals surface area contributed by atoms with Crippen LogP contribution < -0.4 is 10.6 Å². The molecule has 1 aliphatic rings. The highest BCUT2D eigenvalue weighted by molar-refractivity contribution is 5.94. The Morgan fingerprint density at radius 2 is 2.10 bits per heavy atom. The van der Waals surface area contributed by atoms with Gasteiger partial charge in [-0.05, 0) is 32.9 Å². The zero-order chi connectivity index (χ0) is 14.5. The molecule has 1 aromatic rings. The fraction of sp³-hybridized carbons (Fsp3) is 0.615. The van der Waals surface area contributed by atoms with E-state index in [1.165, 1.54) is 4.68 Å². The van der Waals surface area contributed by atoms with Crippen molar-refractivity contribution < 1.29 is 9.59 Å². The molecule has 0 radical (unpaired) electrons. The predicted octanol–water partition coefficient (Wildman–Crippen LogP) is 0.0519. The maximum Gasteiger partial charge on any atom is 0.241 e. The molecule has 1 atom stereocenters. The average Bonchev–Trinajstić information content (AvgIpc) is 3.09. The summed E-state index contributed by atoms with van der Waals surface area (Å²) < 4.78 is 1.50. The molecule has 110 valence electrons. The fourth-order valence-corrected chi connectivity index (χ4v) is 2.28. The van der Waals surface area contributed by atoms with Crippen LogP contribution in [-0.4, -0.2) is 52.7 Å². The van der Waals surface area contributed by atoms with Crippen molar-refractivity contribution in [2.75, 3.05) is 25.5 Å². The lowest BCUT2D eigenvalue weighted by Crippen LogP contribution is -2.40. The smallest absolute Gasteiger partial charge is 0.241 e. The van der Waals surface area contributed by atoms with Crippen molar-refractivity contribution in [1.29, 1.82) is 0 Å². The molecule has 0 saturated carbocycles. The maximum atomic E-state index is 12.1. The molecule has 1 saturated heterocycles. The number of amides is 2. The Morgan fingerprint density at radius 1 is 1.40 bits per heavy atom. The van der Waals surface area contributed by atoms with Crippen LogP contribution in [0.2, 0.25) is 0 Å². The van der Waals surface area contributed by atoms with Crippen LogP contribution in [0, 0.1) is 0 Å². The van der Waals surface area contributed by atoms with E-state index in [0.717, 1.165) is 25.9 Å². The summed E-state index contributed by atoms with van der Waals surface area (Å²) >= 11 is 0. The highest BCUT2D eigenvalue weighted by atomic mass is 16.2. The SMILES string of the molecule is CNC(=O)Cn1cc(NC(=O)C(C)N2CCCC2)cn1. The minimum absolute atomic E-state index is 0.0357. The topological polar surface area (TPSA) is 79.3 Å². The summed E-state index contributed by atoms with van der Waals surface area (Å²) in [4.78, 5) is 25.5. The summed E-state index contributed by atoms with van der Waals surface area (Å²) in [5, 5.41) is 9.40. The van der Waals surface area contributed by atoms with Crippen molar-refractivity contribution in [3.05, 3.63) is 12.4 Å². The van der Waals surface area contributed by atoms with Gasteiger partial charge < -0.3 is 10.6 Å². The van der Waals surface area contributed by atoms with Crippen LogP contribution in [0.15, 0.2) is 12.4 Å². The van der Waals surface area contributed by atoms with Crippen molar-refractivity contribution >= 4 is 17.5 Å². The number of carbonyl (C=O) groups excluding carboxylic acids is 2. The van der Waals surface area contributed by atoms with Gasteiger partial charge in [-0.3, -0.25) is 19.2 Å². The van der Waals surface area contributed by atoms with Gasteiger partial charge in [-0.2, -0.15) is 5.10 Å². The third-order valence-corrected chi connectivity index (χ3v) is 3.55. The molecule has 1 unspecified atom stereocenters. The number of likely N-dealkylation sites (tertiary alicyclic amines) is 1. The van der Waals surface area contributed by atoms with E-state index in [9.17, 15) is 9.59 Å². The molecule has 0 aromatic carbocycles. The monoisotopic (exact) mass is 279 g/mol. The first-order valence-corrected chi connectivity index (χ1v) is 6.88. The summed E-state index contributed by atoms with van der Waals surface area (Å²) in [5.74, 6) is -0.164. The Kier molecular flexibility index (Phi) is 4.73. The third kappa shape index (κ3) is 3.57. The van der Waals surface area contributed by atoms with Crippen LogP contribution in [0.4, 0.5) is 5.69 Å². The minimum atomic E-state index is -0.139. The Hall–Kier alpha value is -1.89. The van der Waals surface area contributed by atoms with Crippen molar-refractivity contribution in [3.8, 4) is 0 Å². The summed E-state index contributed by atoms with van der Waals surface area (Å²) in [6.45, 7) is 4.01. The second-order valence-corrected chi connectivity index (χ2v) is 5.01. The van der Waals surface area contributed by atoms with E-state index in [1.54, 1.807) is 19.4 Å². The first-order chi connectivity index (χ1) is 9.60. The Morgan fingerprint density at radius 3 is 2.75 bits per heavy atom. The number of likely N-dealkylation sites (N-methyl/N-ethyl adjacent to an activating group) is 1. The first-order valence-electron chi connectivity index (χ1n) is 6.88. The molecule has 0 aliphatic carbocycles. The second-order valence-electron chi connectivity index (χ2n) is 5.01. The molecule has 2 N–H and O–H groups in total. The van der Waals surface area contributed by atoms with Gasteiger partial charge >= 0.3 is 0 Å². The third-order valence-electron chi connectivity index (χ3n) is 3.55. The largest absolute Gasteiger partial charge is 0.358 e. The number of anilines is 1. The highest BCUT2D eigenvalue weighted by Crippen LogP contribution is 2.13. The van der Waals surface area contributed by atoms with Crippen LogP contribution in [0.5, 0.6) is 0 Å². The van der Waals surface area contributed by atoms with Gasteiger partial charge in [0.25, 0.3) is 0 Å². The van der Waals surface area contributed by atoms with E-state index in [4.69, 9.17) is 0 Å². The number of hydrogen-bond donors (Lipinski definition) is 2. The lowest BCUT2D eigenvalue weighted by Gasteiger charge is -2.22. The zero-order valence-corrected chi connectivity index (χ0v) is 11.9. The molecule has 1 aromatic heterocycles.